The van der Waals surface area contributed by atoms with E-state index in [-0.39, 0.29) is 17.0 Å². The summed E-state index contributed by atoms with van der Waals surface area (Å²) in [7, 11) is 0. The maximum atomic E-state index is 13.5. The summed E-state index contributed by atoms with van der Waals surface area (Å²) >= 11 is 0. The molecule has 1 amide bonds. The first-order valence-electron chi connectivity index (χ1n) is 11.3. The molecule has 1 aliphatic rings. The van der Waals surface area contributed by atoms with Gasteiger partial charge in [0.25, 0.3) is 11.6 Å². The first-order valence-corrected chi connectivity index (χ1v) is 11.3. The number of non-ortho nitro benzene ring substituents is 1. The number of carbonyl (C=O) groups excluding carboxylic acids is 1. The minimum Gasteiger partial charge on any atom is -0.455 e. The van der Waals surface area contributed by atoms with Crippen molar-refractivity contribution in [3.8, 4) is 11.3 Å². The van der Waals surface area contributed by atoms with Crippen LogP contribution < -0.4 is 10.3 Å². The molecule has 0 atom stereocenters. The number of para-hydroxylation sites is 1. The maximum absolute atomic E-state index is 13.5. The zero-order valence-electron chi connectivity index (χ0n) is 19.1. The van der Waals surface area contributed by atoms with Gasteiger partial charge in [0, 0.05) is 55.1 Å². The van der Waals surface area contributed by atoms with Gasteiger partial charge in [-0.3, -0.25) is 19.7 Å². The second kappa shape index (κ2) is 9.06. The van der Waals surface area contributed by atoms with E-state index in [2.05, 4.69) is 4.90 Å². The minimum absolute atomic E-state index is 0.0464. The number of nitrogens with zero attached hydrogens (tertiary/aromatic N) is 3. The second-order valence-corrected chi connectivity index (χ2v) is 8.49. The van der Waals surface area contributed by atoms with Crippen molar-refractivity contribution in [3.63, 3.8) is 0 Å². The van der Waals surface area contributed by atoms with Gasteiger partial charge in [-0.25, -0.2) is 0 Å². The Morgan fingerprint density at radius 1 is 0.914 bits per heavy atom. The standard InChI is InChI=1S/C27H23N3O5/c1-18-24(31)22-8-5-9-23(26(22)35-25(18)19-6-3-2-4-7-19)27(32)29-16-14-28(15-17-29)20-10-12-21(13-11-20)30(33)34/h2-13H,14-17H2,1H3. The summed E-state index contributed by atoms with van der Waals surface area (Å²) in [5, 5.41) is 11.3. The SMILES string of the molecule is Cc1c(-c2ccccc2)oc2c(C(=O)N3CCN(c4ccc([N+](=O)[O-])cc4)CC3)cccc2c1=O. The topological polar surface area (TPSA) is 96.9 Å². The number of hydrogen-bond donors (Lipinski definition) is 0. The molecule has 35 heavy (non-hydrogen) atoms. The minimum atomic E-state index is -0.423. The normalized spacial score (nSPS) is 13.7. The highest BCUT2D eigenvalue weighted by atomic mass is 16.6. The first-order chi connectivity index (χ1) is 16.9. The van der Waals surface area contributed by atoms with Gasteiger partial charge in [-0.2, -0.15) is 0 Å². The molecule has 0 spiro atoms. The van der Waals surface area contributed by atoms with Crippen molar-refractivity contribution in [2.24, 2.45) is 0 Å². The van der Waals surface area contributed by atoms with Crippen molar-refractivity contribution in [1.29, 1.82) is 0 Å². The highest BCUT2D eigenvalue weighted by Crippen LogP contribution is 2.28. The molecule has 8 heteroatoms. The molecule has 3 aromatic carbocycles. The molecule has 176 valence electrons. The van der Waals surface area contributed by atoms with E-state index in [1.807, 2.05) is 30.3 Å². The van der Waals surface area contributed by atoms with Crippen LogP contribution in [0.5, 0.6) is 0 Å². The van der Waals surface area contributed by atoms with Crippen LogP contribution in [0, 0.1) is 17.0 Å². The third kappa shape index (κ3) is 4.14. The van der Waals surface area contributed by atoms with E-state index in [1.54, 1.807) is 42.2 Å². The molecule has 0 bridgehead atoms. The zero-order valence-corrected chi connectivity index (χ0v) is 19.1. The Balaban J connectivity index is 1.42. The molecule has 8 nitrogen and oxygen atoms in total. The van der Waals surface area contributed by atoms with Crippen LogP contribution in [0.25, 0.3) is 22.3 Å². The number of nitro benzene ring substituents is 1. The van der Waals surface area contributed by atoms with Gasteiger partial charge in [0.2, 0.25) is 0 Å². The molecule has 0 radical (unpaired) electrons. The quantitative estimate of drug-likeness (QED) is 0.319. The molecule has 1 saturated heterocycles. The van der Waals surface area contributed by atoms with E-state index in [0.29, 0.717) is 54.0 Å². The Hall–Kier alpha value is -4.46. The molecule has 5 rings (SSSR count). The van der Waals surface area contributed by atoms with Gasteiger partial charge in [-0.15, -0.1) is 0 Å². The van der Waals surface area contributed by atoms with Gasteiger partial charge >= 0.3 is 0 Å². The average molecular weight is 469 g/mol. The van der Waals surface area contributed by atoms with Gasteiger partial charge in [0.1, 0.15) is 5.76 Å². The lowest BCUT2D eigenvalue weighted by molar-refractivity contribution is -0.384. The number of piperazine rings is 1. The monoisotopic (exact) mass is 469 g/mol. The predicted molar refractivity (Wildman–Crippen MR) is 134 cm³/mol. The number of anilines is 1. The van der Waals surface area contributed by atoms with Gasteiger partial charge in [-0.05, 0) is 31.2 Å². The van der Waals surface area contributed by atoms with Gasteiger partial charge < -0.3 is 14.2 Å². The molecule has 0 saturated carbocycles. The van der Waals surface area contributed by atoms with Crippen molar-refractivity contribution in [1.82, 2.24) is 4.90 Å². The Morgan fingerprint density at radius 2 is 1.60 bits per heavy atom. The number of fused-ring (bicyclic) bond motifs is 1. The van der Waals surface area contributed by atoms with Crippen molar-refractivity contribution in [2.75, 3.05) is 31.1 Å². The number of hydrogen-bond acceptors (Lipinski definition) is 6. The van der Waals surface area contributed by atoms with E-state index in [1.165, 1.54) is 12.1 Å². The van der Waals surface area contributed by atoms with E-state index >= 15 is 0 Å². The fourth-order valence-corrected chi connectivity index (χ4v) is 4.47. The Labute approximate surface area is 201 Å². The van der Waals surface area contributed by atoms with Crippen LogP contribution in [0.4, 0.5) is 11.4 Å². The fraction of sp³-hybridized carbons (Fsp3) is 0.185. The highest BCUT2D eigenvalue weighted by Gasteiger charge is 2.26. The van der Waals surface area contributed by atoms with Gasteiger partial charge in [-0.1, -0.05) is 36.4 Å². The van der Waals surface area contributed by atoms with E-state index in [9.17, 15) is 19.7 Å². The lowest BCUT2D eigenvalue weighted by atomic mass is 10.0. The smallest absolute Gasteiger partial charge is 0.269 e. The maximum Gasteiger partial charge on any atom is 0.269 e. The second-order valence-electron chi connectivity index (χ2n) is 8.49. The third-order valence-corrected chi connectivity index (χ3v) is 6.40. The van der Waals surface area contributed by atoms with Crippen molar-refractivity contribution >= 4 is 28.3 Å². The summed E-state index contributed by atoms with van der Waals surface area (Å²) in [5.41, 5.74) is 2.72. The summed E-state index contributed by atoms with van der Waals surface area (Å²) in [6.07, 6.45) is 0. The summed E-state index contributed by atoms with van der Waals surface area (Å²) < 4.78 is 6.21. The van der Waals surface area contributed by atoms with E-state index < -0.39 is 4.92 Å². The molecule has 4 aromatic rings. The Bertz CT molecular complexity index is 1470. The van der Waals surface area contributed by atoms with Crippen LogP contribution in [0.15, 0.2) is 82.0 Å². The summed E-state index contributed by atoms with van der Waals surface area (Å²) in [5.74, 6) is 0.274. The Kier molecular flexibility index (Phi) is 5.78. The lowest BCUT2D eigenvalue weighted by Crippen LogP contribution is -2.48. The summed E-state index contributed by atoms with van der Waals surface area (Å²) in [6, 6.07) is 20.9. The van der Waals surface area contributed by atoms with E-state index in [0.717, 1.165) is 11.3 Å². The van der Waals surface area contributed by atoms with Crippen LogP contribution >= 0.6 is 0 Å². The van der Waals surface area contributed by atoms with E-state index in [4.69, 9.17) is 4.42 Å². The van der Waals surface area contributed by atoms with Gasteiger partial charge in [0.15, 0.2) is 11.0 Å². The molecule has 1 aromatic heterocycles. The average Bonchev–Trinajstić information content (AvgIpc) is 2.90. The number of carbonyl (C=O) groups is 1. The van der Waals surface area contributed by atoms with Crippen LogP contribution in [0.2, 0.25) is 0 Å². The van der Waals surface area contributed by atoms with Crippen LogP contribution in [-0.4, -0.2) is 41.9 Å². The highest BCUT2D eigenvalue weighted by molar-refractivity contribution is 6.05. The number of nitro groups is 1. The lowest BCUT2D eigenvalue weighted by Gasteiger charge is -2.36. The zero-order chi connectivity index (χ0) is 24.5. The number of amides is 1. The molecule has 1 fully saturated rings. The van der Waals surface area contributed by atoms with Gasteiger partial charge in [0.05, 0.1) is 15.9 Å². The van der Waals surface area contributed by atoms with Crippen molar-refractivity contribution in [2.45, 2.75) is 6.92 Å². The predicted octanol–water partition coefficient (Wildman–Crippen LogP) is 4.64. The summed E-state index contributed by atoms with van der Waals surface area (Å²) in [4.78, 5) is 40.9. The number of benzene rings is 3. The fourth-order valence-electron chi connectivity index (χ4n) is 4.47. The van der Waals surface area contributed by atoms with Crippen molar-refractivity contribution in [3.05, 3.63) is 104 Å². The van der Waals surface area contributed by atoms with Crippen LogP contribution in [0.3, 0.4) is 0 Å². The molecular weight excluding hydrogens is 446 g/mol. The molecule has 0 N–H and O–H groups in total. The van der Waals surface area contributed by atoms with Crippen molar-refractivity contribution < 1.29 is 14.1 Å². The molecule has 2 heterocycles. The molecular formula is C27H23N3O5. The molecule has 0 aliphatic carbocycles. The largest absolute Gasteiger partial charge is 0.455 e. The summed E-state index contributed by atoms with van der Waals surface area (Å²) in [6.45, 7) is 3.88. The molecule has 1 aliphatic heterocycles. The number of rotatable bonds is 4. The third-order valence-electron chi connectivity index (χ3n) is 6.40. The molecule has 0 unspecified atom stereocenters. The van der Waals surface area contributed by atoms with Crippen LogP contribution in [0.1, 0.15) is 15.9 Å². The van der Waals surface area contributed by atoms with Crippen LogP contribution in [-0.2, 0) is 0 Å². The first kappa shape index (κ1) is 22.3. The Morgan fingerprint density at radius 3 is 2.26 bits per heavy atom.